The van der Waals surface area contributed by atoms with Gasteiger partial charge in [0, 0.05) is 19.1 Å². The van der Waals surface area contributed by atoms with E-state index >= 15 is 0 Å². The number of carboxylic acid groups (broad SMARTS) is 1. The molecule has 116 valence electrons. The molecule has 21 heavy (non-hydrogen) atoms. The molecule has 2 aliphatic carbocycles. The molecule has 2 aliphatic rings. The molecule has 1 aromatic heterocycles. The van der Waals surface area contributed by atoms with Crippen LogP contribution in [0.25, 0.3) is 0 Å². The van der Waals surface area contributed by atoms with E-state index < -0.39 is 5.97 Å². The zero-order valence-electron chi connectivity index (χ0n) is 12.4. The molecule has 1 aromatic rings. The fraction of sp³-hybridized carbons (Fsp3) is 0.786. The molecule has 7 heteroatoms. The Kier molecular flexibility index (Phi) is 4.37. The van der Waals surface area contributed by atoms with Crippen LogP contribution in [0.4, 0.5) is 5.95 Å². The maximum atomic E-state index is 10.8. The van der Waals surface area contributed by atoms with Crippen LogP contribution >= 0.6 is 11.8 Å². The van der Waals surface area contributed by atoms with Gasteiger partial charge in [-0.15, -0.1) is 10.2 Å². The van der Waals surface area contributed by atoms with Gasteiger partial charge in [0.25, 0.3) is 0 Å². The average Bonchev–Trinajstić information content (AvgIpc) is 3.25. The van der Waals surface area contributed by atoms with Crippen LogP contribution in [0.2, 0.25) is 0 Å². The van der Waals surface area contributed by atoms with Crippen molar-refractivity contribution in [2.24, 2.45) is 0 Å². The van der Waals surface area contributed by atoms with Crippen LogP contribution in [0.5, 0.6) is 0 Å². The number of rotatable bonds is 6. The first-order chi connectivity index (χ1) is 10.2. The molecule has 2 fully saturated rings. The molecule has 0 aliphatic heterocycles. The third kappa shape index (κ3) is 3.33. The summed E-state index contributed by atoms with van der Waals surface area (Å²) in [6.07, 6.45) is 8.62. The highest BCUT2D eigenvalue weighted by Gasteiger charge is 2.32. The number of carbonyl (C=O) groups is 1. The quantitative estimate of drug-likeness (QED) is 0.814. The van der Waals surface area contributed by atoms with Gasteiger partial charge in [0.2, 0.25) is 5.95 Å². The molecule has 1 heterocycles. The standard InChI is InChI=1S/C14H22N4O2S/c1-17(10-5-3-2-4-6-10)13-15-16-14(21-9-12(19)20)18(13)11-7-8-11/h10-11H,2-9H2,1H3,(H,19,20). The van der Waals surface area contributed by atoms with Gasteiger partial charge in [0.05, 0.1) is 5.75 Å². The minimum atomic E-state index is -0.812. The van der Waals surface area contributed by atoms with Crippen LogP contribution in [0.3, 0.4) is 0 Å². The lowest BCUT2D eigenvalue weighted by atomic mass is 9.95. The Hall–Kier alpha value is -1.24. The molecule has 0 unspecified atom stereocenters. The maximum absolute atomic E-state index is 10.8. The normalized spacial score (nSPS) is 19.7. The average molecular weight is 310 g/mol. The lowest BCUT2D eigenvalue weighted by Gasteiger charge is -2.32. The van der Waals surface area contributed by atoms with E-state index in [1.165, 1.54) is 43.9 Å². The lowest BCUT2D eigenvalue weighted by molar-refractivity contribution is -0.133. The summed E-state index contributed by atoms with van der Waals surface area (Å²) >= 11 is 1.27. The van der Waals surface area contributed by atoms with E-state index in [9.17, 15) is 4.79 Å². The molecule has 1 N–H and O–H groups in total. The van der Waals surface area contributed by atoms with Crippen molar-refractivity contribution in [3.8, 4) is 0 Å². The summed E-state index contributed by atoms with van der Waals surface area (Å²) in [5, 5.41) is 18.2. The van der Waals surface area contributed by atoms with Crippen molar-refractivity contribution in [1.29, 1.82) is 0 Å². The van der Waals surface area contributed by atoms with Crippen molar-refractivity contribution in [2.45, 2.75) is 62.2 Å². The maximum Gasteiger partial charge on any atom is 0.313 e. The Bertz CT molecular complexity index is 509. The predicted molar refractivity (Wildman–Crippen MR) is 81.9 cm³/mol. The van der Waals surface area contributed by atoms with Crippen LogP contribution in [-0.4, -0.2) is 44.7 Å². The van der Waals surface area contributed by atoms with Crippen molar-refractivity contribution < 1.29 is 9.90 Å². The number of nitrogens with zero attached hydrogens (tertiary/aromatic N) is 4. The zero-order valence-corrected chi connectivity index (χ0v) is 13.2. The van der Waals surface area contributed by atoms with Gasteiger partial charge in [-0.2, -0.15) is 0 Å². The minimum Gasteiger partial charge on any atom is -0.481 e. The smallest absolute Gasteiger partial charge is 0.313 e. The number of hydrogen-bond acceptors (Lipinski definition) is 5. The fourth-order valence-corrected chi connectivity index (χ4v) is 3.74. The van der Waals surface area contributed by atoms with Gasteiger partial charge < -0.3 is 10.0 Å². The van der Waals surface area contributed by atoms with Crippen molar-refractivity contribution in [3.63, 3.8) is 0 Å². The molecule has 2 saturated carbocycles. The summed E-state index contributed by atoms with van der Waals surface area (Å²) in [5.41, 5.74) is 0. The van der Waals surface area contributed by atoms with Crippen molar-refractivity contribution >= 4 is 23.7 Å². The van der Waals surface area contributed by atoms with Crippen LogP contribution in [-0.2, 0) is 4.79 Å². The summed E-state index contributed by atoms with van der Waals surface area (Å²) < 4.78 is 2.15. The summed E-state index contributed by atoms with van der Waals surface area (Å²) in [6, 6.07) is 0.995. The van der Waals surface area contributed by atoms with Crippen LogP contribution in [0, 0.1) is 0 Å². The topological polar surface area (TPSA) is 71.2 Å². The first kappa shape index (κ1) is 14.7. The van der Waals surface area contributed by atoms with E-state index in [2.05, 4.69) is 26.7 Å². The Labute approximate surface area is 128 Å². The second-order valence-corrected chi connectivity index (χ2v) is 6.91. The van der Waals surface area contributed by atoms with Gasteiger partial charge in [-0.1, -0.05) is 31.0 Å². The highest BCUT2D eigenvalue weighted by molar-refractivity contribution is 7.99. The molecule has 6 nitrogen and oxygen atoms in total. The van der Waals surface area contributed by atoms with Gasteiger partial charge in [-0.25, -0.2) is 0 Å². The lowest BCUT2D eigenvalue weighted by Crippen LogP contribution is -2.35. The zero-order chi connectivity index (χ0) is 14.8. The second kappa shape index (κ2) is 6.25. The summed E-state index contributed by atoms with van der Waals surface area (Å²) in [5.74, 6) is 0.141. The summed E-state index contributed by atoms with van der Waals surface area (Å²) in [6.45, 7) is 0. The van der Waals surface area contributed by atoms with E-state index in [-0.39, 0.29) is 5.75 Å². The van der Waals surface area contributed by atoms with Gasteiger partial charge in [-0.05, 0) is 25.7 Å². The van der Waals surface area contributed by atoms with Crippen molar-refractivity contribution in [1.82, 2.24) is 14.8 Å². The molecule has 0 amide bonds. The second-order valence-electron chi connectivity index (χ2n) is 5.97. The molecule has 0 saturated heterocycles. The third-order valence-corrected chi connectivity index (χ3v) is 5.25. The minimum absolute atomic E-state index is 0.0397. The summed E-state index contributed by atoms with van der Waals surface area (Å²) in [7, 11) is 2.10. The highest BCUT2D eigenvalue weighted by atomic mass is 32.2. The SMILES string of the molecule is CN(c1nnc(SCC(=O)O)n1C1CC1)C1CCCCC1. The number of aromatic nitrogens is 3. The number of hydrogen-bond donors (Lipinski definition) is 1. The van der Waals surface area contributed by atoms with E-state index in [0.717, 1.165) is 23.9 Å². The van der Waals surface area contributed by atoms with Gasteiger partial charge in [-0.3, -0.25) is 9.36 Å². The molecular weight excluding hydrogens is 288 g/mol. The van der Waals surface area contributed by atoms with Gasteiger partial charge in [0.1, 0.15) is 0 Å². The number of carboxylic acids is 1. The Balaban J connectivity index is 1.78. The van der Waals surface area contributed by atoms with Gasteiger partial charge in [0.15, 0.2) is 5.16 Å². The Morgan fingerprint density at radius 1 is 1.29 bits per heavy atom. The monoisotopic (exact) mass is 310 g/mol. The molecule has 3 rings (SSSR count). The van der Waals surface area contributed by atoms with E-state index in [1.54, 1.807) is 0 Å². The Morgan fingerprint density at radius 3 is 2.62 bits per heavy atom. The first-order valence-electron chi connectivity index (χ1n) is 7.69. The summed E-state index contributed by atoms with van der Waals surface area (Å²) in [4.78, 5) is 13.0. The predicted octanol–water partition coefficient (Wildman–Crippen LogP) is 2.56. The largest absolute Gasteiger partial charge is 0.481 e. The third-order valence-electron chi connectivity index (χ3n) is 4.32. The first-order valence-corrected chi connectivity index (χ1v) is 8.67. The van der Waals surface area contributed by atoms with Gasteiger partial charge >= 0.3 is 5.97 Å². The molecule has 0 aromatic carbocycles. The fourth-order valence-electron chi connectivity index (χ4n) is 3.02. The number of thioether (sulfide) groups is 1. The van der Waals surface area contributed by atoms with E-state index in [0.29, 0.717) is 12.1 Å². The van der Waals surface area contributed by atoms with Crippen LogP contribution in [0.15, 0.2) is 5.16 Å². The van der Waals surface area contributed by atoms with Crippen molar-refractivity contribution in [2.75, 3.05) is 17.7 Å². The van der Waals surface area contributed by atoms with Crippen molar-refractivity contribution in [3.05, 3.63) is 0 Å². The van der Waals surface area contributed by atoms with Crippen LogP contribution in [0.1, 0.15) is 51.0 Å². The molecule has 0 atom stereocenters. The van der Waals surface area contributed by atoms with E-state index in [1.807, 2.05) is 0 Å². The molecular formula is C14H22N4O2S. The number of anilines is 1. The molecule has 0 spiro atoms. The highest BCUT2D eigenvalue weighted by Crippen LogP contribution is 2.41. The van der Waals surface area contributed by atoms with E-state index in [4.69, 9.17) is 5.11 Å². The molecule has 0 bridgehead atoms. The molecule has 0 radical (unpaired) electrons. The Morgan fingerprint density at radius 2 is 2.00 bits per heavy atom. The van der Waals surface area contributed by atoms with Crippen LogP contribution < -0.4 is 4.90 Å². The number of aliphatic carboxylic acids is 1.